The fourth-order valence-electron chi connectivity index (χ4n) is 2.44. The molecule has 0 aromatic heterocycles. The molecule has 98 valence electrons. The van der Waals surface area contributed by atoms with E-state index >= 15 is 0 Å². The third-order valence-electron chi connectivity index (χ3n) is 3.56. The summed E-state index contributed by atoms with van der Waals surface area (Å²) in [7, 11) is 0. The van der Waals surface area contributed by atoms with Crippen LogP contribution in [0.5, 0.6) is 0 Å². The summed E-state index contributed by atoms with van der Waals surface area (Å²) in [5, 5.41) is 9.03. The predicted molar refractivity (Wildman–Crippen MR) is 71.8 cm³/mol. The molecule has 1 heterocycles. The molecular weight excluding hydrogens is 226 g/mol. The van der Waals surface area contributed by atoms with Gasteiger partial charge in [-0.15, -0.1) is 0 Å². The maximum absolute atomic E-state index is 12.4. The molecule has 0 radical (unpaired) electrons. The summed E-state index contributed by atoms with van der Waals surface area (Å²) in [6, 6.07) is 6.24. The van der Waals surface area contributed by atoms with Gasteiger partial charge in [-0.1, -0.05) is 26.0 Å². The number of carbonyl (C=O) groups excluding carboxylic acids is 1. The number of carbonyl (C=O) groups is 1. The van der Waals surface area contributed by atoms with E-state index in [4.69, 9.17) is 5.11 Å². The Kier molecular flexibility index (Phi) is 4.02. The molecule has 0 bridgehead atoms. The zero-order chi connectivity index (χ0) is 13.1. The van der Waals surface area contributed by atoms with Crippen molar-refractivity contribution in [1.29, 1.82) is 0 Å². The number of amides is 1. The van der Waals surface area contributed by atoms with E-state index in [1.54, 1.807) is 4.90 Å². The van der Waals surface area contributed by atoms with Crippen LogP contribution in [0.15, 0.2) is 18.2 Å². The molecule has 0 unspecified atom stereocenters. The van der Waals surface area contributed by atoms with Crippen LogP contribution in [0.1, 0.15) is 47.7 Å². The molecule has 2 rings (SSSR count). The van der Waals surface area contributed by atoms with Crippen molar-refractivity contribution in [3.8, 4) is 0 Å². The molecule has 0 atom stereocenters. The molecule has 0 saturated heterocycles. The Morgan fingerprint density at radius 2 is 2.17 bits per heavy atom. The van der Waals surface area contributed by atoms with Crippen molar-refractivity contribution < 1.29 is 9.90 Å². The Hall–Kier alpha value is -1.35. The zero-order valence-corrected chi connectivity index (χ0v) is 11.1. The minimum atomic E-state index is 0.0327. The highest BCUT2D eigenvalue weighted by Gasteiger charge is 2.22. The van der Waals surface area contributed by atoms with Crippen LogP contribution in [0, 0.1) is 0 Å². The van der Waals surface area contributed by atoms with E-state index < -0.39 is 0 Å². The number of benzene rings is 1. The molecule has 3 nitrogen and oxygen atoms in total. The van der Waals surface area contributed by atoms with Gasteiger partial charge in [0.1, 0.15) is 0 Å². The average molecular weight is 247 g/mol. The van der Waals surface area contributed by atoms with Crippen molar-refractivity contribution in [3.05, 3.63) is 34.9 Å². The summed E-state index contributed by atoms with van der Waals surface area (Å²) in [5.41, 5.74) is 3.17. The Morgan fingerprint density at radius 3 is 2.83 bits per heavy atom. The van der Waals surface area contributed by atoms with Gasteiger partial charge < -0.3 is 10.0 Å². The molecule has 1 amide bonds. The molecule has 3 heteroatoms. The number of fused-ring (bicyclic) bond motifs is 1. The van der Waals surface area contributed by atoms with Crippen molar-refractivity contribution in [2.24, 2.45) is 0 Å². The van der Waals surface area contributed by atoms with Gasteiger partial charge in [0.2, 0.25) is 0 Å². The number of aliphatic hydroxyl groups is 1. The average Bonchev–Trinajstić information content (AvgIpc) is 2.50. The standard InChI is InChI=1S/C15H21NO2/c1-11(2)13-6-5-12-4-3-7-16(8-9-17)15(18)14(12)10-13/h5-6,10-11,17H,3-4,7-9H2,1-2H3. The van der Waals surface area contributed by atoms with Gasteiger partial charge in [-0.05, 0) is 36.0 Å². The first-order valence-corrected chi connectivity index (χ1v) is 6.66. The number of nitrogens with zero attached hydrogens (tertiary/aromatic N) is 1. The second-order valence-corrected chi connectivity index (χ2v) is 5.19. The van der Waals surface area contributed by atoms with E-state index in [0.717, 1.165) is 30.5 Å². The minimum Gasteiger partial charge on any atom is -0.395 e. The van der Waals surface area contributed by atoms with Crippen molar-refractivity contribution >= 4 is 5.91 Å². The topological polar surface area (TPSA) is 40.5 Å². The lowest BCUT2D eigenvalue weighted by Crippen LogP contribution is -2.33. The molecule has 0 aliphatic carbocycles. The molecule has 1 N–H and O–H groups in total. The highest BCUT2D eigenvalue weighted by Crippen LogP contribution is 2.23. The lowest BCUT2D eigenvalue weighted by atomic mass is 9.95. The summed E-state index contributed by atoms with van der Waals surface area (Å²) in [6.45, 7) is 5.48. The summed E-state index contributed by atoms with van der Waals surface area (Å²) in [6.07, 6.45) is 1.92. The van der Waals surface area contributed by atoms with Crippen LogP contribution in [0.2, 0.25) is 0 Å². The van der Waals surface area contributed by atoms with Gasteiger partial charge in [0.25, 0.3) is 5.91 Å². The zero-order valence-electron chi connectivity index (χ0n) is 11.1. The van der Waals surface area contributed by atoms with E-state index in [0.29, 0.717) is 12.5 Å². The first-order chi connectivity index (χ1) is 8.63. The van der Waals surface area contributed by atoms with Gasteiger partial charge in [-0.25, -0.2) is 0 Å². The summed E-state index contributed by atoms with van der Waals surface area (Å²) >= 11 is 0. The molecule has 18 heavy (non-hydrogen) atoms. The van der Waals surface area contributed by atoms with Crippen LogP contribution in [0.3, 0.4) is 0 Å². The first-order valence-electron chi connectivity index (χ1n) is 6.66. The predicted octanol–water partition coefficient (Wildman–Crippen LogP) is 2.19. The van der Waals surface area contributed by atoms with Crippen molar-refractivity contribution in [2.75, 3.05) is 19.7 Å². The molecule has 1 aromatic rings. The second kappa shape index (κ2) is 5.53. The number of aryl methyl sites for hydroxylation is 1. The smallest absolute Gasteiger partial charge is 0.254 e. The minimum absolute atomic E-state index is 0.0327. The second-order valence-electron chi connectivity index (χ2n) is 5.19. The van der Waals surface area contributed by atoms with E-state index in [1.807, 2.05) is 6.07 Å². The number of β-amino-alcohol motifs (C(OH)–C–C–N with tert-alkyl or cyclic N) is 1. The number of aliphatic hydroxyl groups excluding tert-OH is 1. The highest BCUT2D eigenvalue weighted by atomic mass is 16.3. The molecule has 1 aliphatic heterocycles. The third-order valence-corrected chi connectivity index (χ3v) is 3.56. The molecule has 1 aliphatic rings. The largest absolute Gasteiger partial charge is 0.395 e. The first kappa shape index (κ1) is 13.1. The molecule has 0 fully saturated rings. The lowest BCUT2D eigenvalue weighted by Gasteiger charge is -2.20. The van der Waals surface area contributed by atoms with Crippen molar-refractivity contribution in [2.45, 2.75) is 32.6 Å². The van der Waals surface area contributed by atoms with Crippen LogP contribution in [0.25, 0.3) is 0 Å². The van der Waals surface area contributed by atoms with Gasteiger partial charge in [-0.2, -0.15) is 0 Å². The molecular formula is C15H21NO2. The normalized spacial score (nSPS) is 15.8. The van der Waals surface area contributed by atoms with Gasteiger partial charge in [0, 0.05) is 18.7 Å². The van der Waals surface area contributed by atoms with Crippen LogP contribution in [-0.2, 0) is 6.42 Å². The van der Waals surface area contributed by atoms with Gasteiger partial charge in [-0.3, -0.25) is 4.79 Å². The molecule has 1 aromatic carbocycles. The SMILES string of the molecule is CC(C)c1ccc2c(c1)C(=O)N(CCO)CCC2. The van der Waals surface area contributed by atoms with E-state index in [2.05, 4.69) is 26.0 Å². The number of rotatable bonds is 3. The Balaban J connectivity index is 2.37. The number of hydrogen-bond donors (Lipinski definition) is 1. The quantitative estimate of drug-likeness (QED) is 0.889. The lowest BCUT2D eigenvalue weighted by molar-refractivity contribution is 0.0727. The third kappa shape index (κ3) is 2.56. The monoisotopic (exact) mass is 247 g/mol. The summed E-state index contributed by atoms with van der Waals surface area (Å²) in [4.78, 5) is 14.2. The van der Waals surface area contributed by atoms with Crippen molar-refractivity contribution in [1.82, 2.24) is 4.90 Å². The maximum atomic E-state index is 12.4. The van der Waals surface area contributed by atoms with Crippen LogP contribution in [-0.4, -0.2) is 35.6 Å². The fourth-order valence-corrected chi connectivity index (χ4v) is 2.44. The van der Waals surface area contributed by atoms with Crippen LogP contribution in [0.4, 0.5) is 0 Å². The Bertz CT molecular complexity index is 440. The van der Waals surface area contributed by atoms with E-state index in [1.165, 1.54) is 5.56 Å². The van der Waals surface area contributed by atoms with E-state index in [9.17, 15) is 4.79 Å². The molecule has 0 saturated carbocycles. The fraction of sp³-hybridized carbons (Fsp3) is 0.533. The Morgan fingerprint density at radius 1 is 1.39 bits per heavy atom. The summed E-state index contributed by atoms with van der Waals surface area (Å²) < 4.78 is 0. The van der Waals surface area contributed by atoms with Gasteiger partial charge >= 0.3 is 0 Å². The maximum Gasteiger partial charge on any atom is 0.254 e. The van der Waals surface area contributed by atoms with Crippen LogP contribution >= 0.6 is 0 Å². The van der Waals surface area contributed by atoms with Gasteiger partial charge in [0.15, 0.2) is 0 Å². The number of hydrogen-bond acceptors (Lipinski definition) is 2. The van der Waals surface area contributed by atoms with Gasteiger partial charge in [0.05, 0.1) is 6.61 Å². The summed E-state index contributed by atoms with van der Waals surface area (Å²) in [5.74, 6) is 0.497. The Labute approximate surface area is 108 Å². The van der Waals surface area contributed by atoms with Crippen LogP contribution < -0.4 is 0 Å². The highest BCUT2D eigenvalue weighted by molar-refractivity contribution is 5.96. The van der Waals surface area contributed by atoms with E-state index in [-0.39, 0.29) is 12.5 Å². The van der Waals surface area contributed by atoms with Crippen molar-refractivity contribution in [3.63, 3.8) is 0 Å². The molecule has 0 spiro atoms.